The van der Waals surface area contributed by atoms with Crippen LogP contribution in [0.15, 0.2) is 30.0 Å². The second kappa shape index (κ2) is 8.38. The van der Waals surface area contributed by atoms with E-state index in [1.807, 2.05) is 0 Å². The summed E-state index contributed by atoms with van der Waals surface area (Å²) in [6.45, 7) is 0. The highest BCUT2D eigenvalue weighted by molar-refractivity contribution is 5.65. The third-order valence-corrected chi connectivity index (χ3v) is 4.04. The average molecular weight is 554 g/mol. The van der Waals surface area contributed by atoms with Crippen molar-refractivity contribution in [3.8, 4) is 5.75 Å². The van der Waals surface area contributed by atoms with Crippen molar-refractivity contribution in [1.82, 2.24) is 0 Å². The molecule has 0 spiro atoms. The predicted octanol–water partition coefficient (Wildman–Crippen LogP) is 6.71. The average Bonchev–Trinajstić information content (AvgIpc) is 2.68. The first-order valence-electron chi connectivity index (χ1n) is 7.94. The maximum absolute atomic E-state index is 13.6. The van der Waals surface area contributed by atoms with Crippen molar-refractivity contribution in [1.29, 1.82) is 0 Å². The molecule has 0 atom stereocenters. The minimum Gasteiger partial charge on any atom is -0.430 e. The van der Waals surface area contributed by atoms with Crippen LogP contribution in [-0.4, -0.2) is 41.7 Å². The van der Waals surface area contributed by atoms with Gasteiger partial charge in [0.1, 0.15) is 5.75 Å². The van der Waals surface area contributed by atoms with Gasteiger partial charge in [0.2, 0.25) is 5.83 Å². The molecule has 20 heteroatoms. The molecule has 0 aliphatic carbocycles. The van der Waals surface area contributed by atoms with Crippen molar-refractivity contribution in [2.45, 2.75) is 41.7 Å². The third-order valence-electron chi connectivity index (χ3n) is 4.04. The topological polar surface area (TPSA) is 61.3 Å². The first kappa shape index (κ1) is 30.2. The standard InChI is InChI=1S/C15H7F17N2O/c16-7(8(17)35-4-1-2-5(33)6(34)3-4)9(18,19)10(20,21)11(22,23)12(24,25)13(26,27)14(28,29)15(30,31)32/h1-3H,33-34H2. The van der Waals surface area contributed by atoms with E-state index in [1.165, 1.54) is 0 Å². The Morgan fingerprint density at radius 1 is 0.571 bits per heavy atom. The van der Waals surface area contributed by atoms with E-state index in [4.69, 9.17) is 11.5 Å². The molecule has 0 saturated carbocycles. The fourth-order valence-electron chi connectivity index (χ4n) is 1.99. The molecule has 0 bridgehead atoms. The van der Waals surface area contributed by atoms with Crippen molar-refractivity contribution in [3.63, 3.8) is 0 Å². The van der Waals surface area contributed by atoms with Gasteiger partial charge in [0.05, 0.1) is 11.4 Å². The molecule has 0 heterocycles. The maximum atomic E-state index is 13.6. The zero-order chi connectivity index (χ0) is 28.2. The van der Waals surface area contributed by atoms with Crippen LogP contribution in [0, 0.1) is 0 Å². The van der Waals surface area contributed by atoms with Crippen LogP contribution >= 0.6 is 0 Å². The first-order chi connectivity index (χ1) is 15.2. The first-order valence-corrected chi connectivity index (χ1v) is 7.94. The third kappa shape index (κ3) is 4.34. The summed E-state index contributed by atoms with van der Waals surface area (Å²) >= 11 is 0. The molecule has 1 aromatic carbocycles. The molecule has 0 amide bonds. The molecular weight excluding hydrogens is 547 g/mol. The van der Waals surface area contributed by atoms with E-state index in [0.717, 1.165) is 0 Å². The monoisotopic (exact) mass is 554 g/mol. The van der Waals surface area contributed by atoms with E-state index in [2.05, 4.69) is 4.74 Å². The number of hydrogen-bond acceptors (Lipinski definition) is 3. The number of anilines is 2. The number of hydrogen-bond donors (Lipinski definition) is 2. The van der Waals surface area contributed by atoms with Gasteiger partial charge < -0.3 is 16.2 Å². The van der Waals surface area contributed by atoms with Crippen LogP contribution in [0.3, 0.4) is 0 Å². The zero-order valence-corrected chi connectivity index (χ0v) is 15.7. The van der Waals surface area contributed by atoms with Crippen LogP contribution in [0.1, 0.15) is 0 Å². The van der Waals surface area contributed by atoms with Crippen molar-refractivity contribution in [3.05, 3.63) is 30.0 Å². The Hall–Kier alpha value is -2.83. The van der Waals surface area contributed by atoms with Gasteiger partial charge in [0.25, 0.3) is 0 Å². The summed E-state index contributed by atoms with van der Waals surface area (Å²) in [5.74, 6) is -55.4. The Morgan fingerprint density at radius 2 is 0.971 bits per heavy atom. The normalized spacial score (nSPS) is 15.7. The molecule has 1 rings (SSSR count). The van der Waals surface area contributed by atoms with Crippen LogP contribution in [0.5, 0.6) is 5.75 Å². The lowest BCUT2D eigenvalue weighted by molar-refractivity contribution is -0.451. The number of benzene rings is 1. The molecule has 0 aliphatic rings. The summed E-state index contributed by atoms with van der Waals surface area (Å²) < 4.78 is 226. The smallest absolute Gasteiger partial charge is 0.430 e. The van der Waals surface area contributed by atoms with E-state index < -0.39 is 65.0 Å². The summed E-state index contributed by atoms with van der Waals surface area (Å²) in [5.41, 5.74) is 9.45. The fourth-order valence-corrected chi connectivity index (χ4v) is 1.99. The van der Waals surface area contributed by atoms with E-state index in [9.17, 15) is 74.6 Å². The minimum atomic E-state index is -8.64. The van der Waals surface area contributed by atoms with Gasteiger partial charge >= 0.3 is 47.7 Å². The fraction of sp³-hybridized carbons (Fsp3) is 0.467. The van der Waals surface area contributed by atoms with Crippen molar-refractivity contribution in [2.24, 2.45) is 0 Å². The van der Waals surface area contributed by atoms with Crippen LogP contribution in [0.25, 0.3) is 0 Å². The highest BCUT2D eigenvalue weighted by Crippen LogP contribution is 2.63. The highest BCUT2D eigenvalue weighted by Gasteiger charge is 2.93. The predicted molar refractivity (Wildman–Crippen MR) is 80.9 cm³/mol. The van der Waals surface area contributed by atoms with Gasteiger partial charge in [-0.15, -0.1) is 0 Å². The Kier molecular flexibility index (Phi) is 7.24. The lowest BCUT2D eigenvalue weighted by atomic mass is 9.91. The molecule has 0 fully saturated rings. The number of allylic oxidation sites excluding steroid dienone is 1. The van der Waals surface area contributed by atoms with Crippen LogP contribution in [0.4, 0.5) is 86.0 Å². The van der Waals surface area contributed by atoms with Crippen molar-refractivity contribution < 1.29 is 79.4 Å². The molecule has 0 aromatic heterocycles. The Bertz CT molecular complexity index is 982. The largest absolute Gasteiger partial charge is 0.460 e. The van der Waals surface area contributed by atoms with Gasteiger partial charge in [0, 0.05) is 6.07 Å². The number of nitrogens with two attached hydrogens (primary N) is 2. The number of ether oxygens (including phenoxy) is 1. The summed E-state index contributed by atoms with van der Waals surface area (Å²) in [6, 6.07) is -1.98. The molecular formula is C15H7F17N2O. The van der Waals surface area contributed by atoms with Crippen LogP contribution in [-0.2, 0) is 0 Å². The summed E-state index contributed by atoms with van der Waals surface area (Å²) in [7, 11) is 0. The number of halogens is 17. The minimum absolute atomic E-state index is 0.308. The molecule has 0 aliphatic heterocycles. The van der Waals surface area contributed by atoms with Gasteiger partial charge in [-0.2, -0.15) is 74.6 Å². The Morgan fingerprint density at radius 3 is 1.37 bits per heavy atom. The van der Waals surface area contributed by atoms with E-state index in [-0.39, 0.29) is 5.69 Å². The number of alkyl halides is 15. The molecule has 3 nitrogen and oxygen atoms in total. The maximum Gasteiger partial charge on any atom is 0.460 e. The van der Waals surface area contributed by atoms with E-state index in [0.29, 0.717) is 18.2 Å². The Balaban J connectivity index is 3.59. The highest BCUT2D eigenvalue weighted by atomic mass is 19.4. The van der Waals surface area contributed by atoms with Gasteiger partial charge in [-0.1, -0.05) is 0 Å². The van der Waals surface area contributed by atoms with E-state index >= 15 is 0 Å². The van der Waals surface area contributed by atoms with Gasteiger partial charge in [-0.3, -0.25) is 0 Å². The summed E-state index contributed by atoms with van der Waals surface area (Å²) in [4.78, 5) is 0. The summed E-state index contributed by atoms with van der Waals surface area (Å²) in [5, 5.41) is 0. The van der Waals surface area contributed by atoms with Crippen molar-refractivity contribution >= 4 is 11.4 Å². The molecule has 35 heavy (non-hydrogen) atoms. The number of nitrogen functional groups attached to an aromatic ring is 2. The zero-order valence-electron chi connectivity index (χ0n) is 15.7. The molecule has 0 unspecified atom stereocenters. The summed E-state index contributed by atoms with van der Waals surface area (Å²) in [6.07, 6.45) is -7.79. The lowest BCUT2D eigenvalue weighted by Gasteiger charge is -2.41. The molecule has 1 aromatic rings. The second-order valence-corrected chi connectivity index (χ2v) is 6.42. The Labute approximate surface area is 181 Å². The van der Waals surface area contributed by atoms with Gasteiger partial charge in [-0.05, 0) is 12.1 Å². The van der Waals surface area contributed by atoms with Gasteiger partial charge in [-0.25, -0.2) is 0 Å². The van der Waals surface area contributed by atoms with Crippen LogP contribution in [0.2, 0.25) is 0 Å². The second-order valence-electron chi connectivity index (χ2n) is 6.42. The lowest BCUT2D eigenvalue weighted by Crippen LogP contribution is -2.72. The molecule has 0 radical (unpaired) electrons. The van der Waals surface area contributed by atoms with Gasteiger partial charge in [0.15, 0.2) is 0 Å². The quantitative estimate of drug-likeness (QED) is 0.213. The van der Waals surface area contributed by atoms with E-state index in [1.54, 1.807) is 0 Å². The SMILES string of the molecule is Nc1ccc(OC(F)=C(F)C(F)(F)C(F)(F)C(F)(F)C(F)(F)C(F)(F)C(F)(F)C(F)(F)F)cc1N. The molecule has 0 saturated heterocycles. The van der Waals surface area contributed by atoms with Crippen LogP contribution < -0.4 is 16.2 Å². The van der Waals surface area contributed by atoms with Crippen molar-refractivity contribution in [2.75, 3.05) is 11.5 Å². The number of rotatable bonds is 8. The molecule has 202 valence electrons. The molecule has 4 N–H and O–H groups in total.